The molecule has 0 saturated carbocycles. The highest BCUT2D eigenvalue weighted by atomic mass is 32.2. The number of amidine groups is 1. The topological polar surface area (TPSA) is 85.0 Å². The Kier molecular flexibility index (Phi) is 5.56. The predicted molar refractivity (Wildman–Crippen MR) is 106 cm³/mol. The molecule has 0 aromatic heterocycles. The van der Waals surface area contributed by atoms with Crippen LogP contribution < -0.4 is 4.74 Å². The molecule has 1 amide bonds. The lowest BCUT2D eigenvalue weighted by Gasteiger charge is -2.12. The van der Waals surface area contributed by atoms with E-state index in [1.165, 1.54) is 17.8 Å². The largest absolute Gasteiger partial charge is 0.497 e. The second-order valence-corrected chi connectivity index (χ2v) is 6.58. The minimum Gasteiger partial charge on any atom is -0.497 e. The van der Waals surface area contributed by atoms with Crippen molar-refractivity contribution in [3.8, 4) is 5.75 Å². The van der Waals surface area contributed by atoms with Gasteiger partial charge in [-0.05, 0) is 55.1 Å². The fourth-order valence-electron chi connectivity index (χ4n) is 2.55. The predicted octanol–water partition coefficient (Wildman–Crippen LogP) is 4.23. The molecule has 0 radical (unpaired) electrons. The number of nitro groups is 1. The lowest BCUT2D eigenvalue weighted by atomic mass is 10.1. The van der Waals surface area contributed by atoms with Crippen LogP contribution in [0.2, 0.25) is 0 Å². The van der Waals surface area contributed by atoms with Crippen molar-refractivity contribution in [3.63, 3.8) is 0 Å². The van der Waals surface area contributed by atoms with Crippen molar-refractivity contribution >= 4 is 40.3 Å². The molecule has 2 aromatic carbocycles. The van der Waals surface area contributed by atoms with Crippen LogP contribution in [0.15, 0.2) is 58.4 Å². The van der Waals surface area contributed by atoms with E-state index >= 15 is 0 Å². The highest BCUT2D eigenvalue weighted by molar-refractivity contribution is 8.18. The standard InChI is InChI=1S/C19H17N3O4S/c1-3-21-18(23)17(12-13-6-4-5-7-16(13)22(24)25)27-19(21)20-14-8-10-15(26-2)11-9-14/h4-12H,3H2,1-2H3/b17-12+,20-19?. The van der Waals surface area contributed by atoms with Gasteiger partial charge in [0.1, 0.15) is 5.75 Å². The number of aliphatic imine (C=N–C) groups is 1. The zero-order chi connectivity index (χ0) is 19.4. The summed E-state index contributed by atoms with van der Waals surface area (Å²) in [5, 5.41) is 11.7. The fraction of sp³-hybridized carbons (Fsp3) is 0.158. The summed E-state index contributed by atoms with van der Waals surface area (Å²) in [6, 6.07) is 13.5. The second kappa shape index (κ2) is 8.05. The molecule has 0 N–H and O–H groups in total. The molecule has 0 bridgehead atoms. The maximum Gasteiger partial charge on any atom is 0.276 e. The van der Waals surface area contributed by atoms with Gasteiger partial charge >= 0.3 is 0 Å². The molecule has 0 atom stereocenters. The van der Waals surface area contributed by atoms with E-state index in [1.807, 2.05) is 6.92 Å². The van der Waals surface area contributed by atoms with E-state index in [-0.39, 0.29) is 11.6 Å². The molecule has 0 spiro atoms. The molecule has 2 aromatic rings. The SMILES string of the molecule is CCN1C(=O)/C(=C\c2ccccc2[N+](=O)[O-])SC1=Nc1ccc(OC)cc1. The lowest BCUT2D eigenvalue weighted by Crippen LogP contribution is -2.28. The summed E-state index contributed by atoms with van der Waals surface area (Å²) in [5.41, 5.74) is 1.04. The van der Waals surface area contributed by atoms with Crippen LogP contribution in [-0.2, 0) is 4.79 Å². The molecular weight excluding hydrogens is 366 g/mol. The van der Waals surface area contributed by atoms with E-state index in [1.54, 1.807) is 60.6 Å². The van der Waals surface area contributed by atoms with Crippen molar-refractivity contribution in [2.45, 2.75) is 6.92 Å². The van der Waals surface area contributed by atoms with Gasteiger partial charge in [-0.1, -0.05) is 12.1 Å². The number of nitro benzene ring substituents is 1. The van der Waals surface area contributed by atoms with E-state index in [4.69, 9.17) is 4.74 Å². The summed E-state index contributed by atoms with van der Waals surface area (Å²) < 4.78 is 5.13. The molecular formula is C19H17N3O4S. The van der Waals surface area contributed by atoms with Crippen molar-refractivity contribution in [2.75, 3.05) is 13.7 Å². The van der Waals surface area contributed by atoms with Crippen LogP contribution in [0.1, 0.15) is 12.5 Å². The van der Waals surface area contributed by atoms with Gasteiger partial charge in [0, 0.05) is 12.6 Å². The molecule has 27 heavy (non-hydrogen) atoms. The average molecular weight is 383 g/mol. The number of rotatable bonds is 5. The number of amides is 1. The Bertz CT molecular complexity index is 938. The Hall–Kier alpha value is -3.13. The monoisotopic (exact) mass is 383 g/mol. The Balaban J connectivity index is 1.95. The fourth-order valence-corrected chi connectivity index (χ4v) is 3.61. The molecule has 1 aliphatic heterocycles. The van der Waals surface area contributed by atoms with Crippen LogP contribution in [0.5, 0.6) is 5.75 Å². The molecule has 0 unspecified atom stereocenters. The molecule has 8 heteroatoms. The normalized spacial score (nSPS) is 17.0. The van der Waals surface area contributed by atoms with Crippen LogP contribution in [0.25, 0.3) is 6.08 Å². The number of para-hydroxylation sites is 1. The number of thioether (sulfide) groups is 1. The number of carbonyl (C=O) groups is 1. The van der Waals surface area contributed by atoms with Crippen molar-refractivity contribution in [1.82, 2.24) is 4.90 Å². The third kappa shape index (κ3) is 4.01. The first-order valence-electron chi connectivity index (χ1n) is 8.21. The van der Waals surface area contributed by atoms with Crippen LogP contribution in [-0.4, -0.2) is 34.6 Å². The number of carbonyl (C=O) groups excluding carboxylic acids is 1. The number of hydrogen-bond donors (Lipinski definition) is 0. The van der Waals surface area contributed by atoms with Crippen molar-refractivity contribution in [3.05, 3.63) is 69.1 Å². The lowest BCUT2D eigenvalue weighted by molar-refractivity contribution is -0.385. The van der Waals surface area contributed by atoms with Crippen molar-refractivity contribution < 1.29 is 14.5 Å². The van der Waals surface area contributed by atoms with E-state index < -0.39 is 4.92 Å². The highest BCUT2D eigenvalue weighted by Crippen LogP contribution is 2.35. The van der Waals surface area contributed by atoms with Crippen molar-refractivity contribution in [2.24, 2.45) is 4.99 Å². The zero-order valence-corrected chi connectivity index (χ0v) is 15.6. The van der Waals surface area contributed by atoms with E-state index in [9.17, 15) is 14.9 Å². The molecule has 138 valence electrons. The second-order valence-electron chi connectivity index (χ2n) is 5.57. The molecule has 3 rings (SSSR count). The van der Waals surface area contributed by atoms with Gasteiger partial charge in [-0.15, -0.1) is 0 Å². The summed E-state index contributed by atoms with van der Waals surface area (Å²) in [6.07, 6.45) is 1.55. The van der Waals surface area contributed by atoms with Crippen LogP contribution >= 0.6 is 11.8 Å². The first kappa shape index (κ1) is 18.7. The number of ether oxygens (including phenoxy) is 1. The third-order valence-electron chi connectivity index (χ3n) is 3.92. The van der Waals surface area contributed by atoms with E-state index in [0.717, 1.165) is 5.75 Å². The average Bonchev–Trinajstić information content (AvgIpc) is 2.97. The maximum atomic E-state index is 12.7. The summed E-state index contributed by atoms with van der Waals surface area (Å²) >= 11 is 1.21. The number of methoxy groups -OCH3 is 1. The van der Waals surface area contributed by atoms with Gasteiger partial charge < -0.3 is 4.74 Å². The molecule has 1 fully saturated rings. The molecule has 1 heterocycles. The molecule has 0 aliphatic carbocycles. The van der Waals surface area contributed by atoms with Crippen LogP contribution in [0.3, 0.4) is 0 Å². The molecule has 1 saturated heterocycles. The van der Waals surface area contributed by atoms with Gasteiger partial charge in [0.05, 0.1) is 28.2 Å². The quantitative estimate of drug-likeness (QED) is 0.438. The maximum absolute atomic E-state index is 12.7. The highest BCUT2D eigenvalue weighted by Gasteiger charge is 2.32. The Morgan fingerprint density at radius 2 is 1.93 bits per heavy atom. The minimum absolute atomic E-state index is 0.0398. The number of likely N-dealkylation sites (N-methyl/N-ethyl adjacent to an activating group) is 1. The summed E-state index contributed by atoms with van der Waals surface area (Å²) in [5.74, 6) is 0.506. The van der Waals surface area contributed by atoms with Gasteiger partial charge in [-0.25, -0.2) is 4.99 Å². The smallest absolute Gasteiger partial charge is 0.276 e. The third-order valence-corrected chi connectivity index (χ3v) is 4.93. The van der Waals surface area contributed by atoms with Gasteiger partial charge in [-0.2, -0.15) is 0 Å². The molecule has 7 nitrogen and oxygen atoms in total. The first-order chi connectivity index (χ1) is 13.0. The van der Waals surface area contributed by atoms with E-state index in [0.29, 0.717) is 27.9 Å². The number of hydrogen-bond acceptors (Lipinski definition) is 6. The summed E-state index contributed by atoms with van der Waals surface area (Å²) in [7, 11) is 1.59. The van der Waals surface area contributed by atoms with Crippen molar-refractivity contribution in [1.29, 1.82) is 0 Å². The van der Waals surface area contributed by atoms with E-state index in [2.05, 4.69) is 4.99 Å². The molecule has 1 aliphatic rings. The van der Waals surface area contributed by atoms with Gasteiger partial charge in [0.15, 0.2) is 5.17 Å². The van der Waals surface area contributed by atoms with Crippen LogP contribution in [0.4, 0.5) is 11.4 Å². The minimum atomic E-state index is -0.458. The first-order valence-corrected chi connectivity index (χ1v) is 9.02. The Morgan fingerprint density at radius 3 is 2.56 bits per heavy atom. The number of nitrogens with zero attached hydrogens (tertiary/aromatic N) is 3. The van der Waals surface area contributed by atoms with Gasteiger partial charge in [0.25, 0.3) is 11.6 Å². The number of benzene rings is 2. The Morgan fingerprint density at radius 1 is 1.22 bits per heavy atom. The Labute approximate surface area is 160 Å². The zero-order valence-electron chi connectivity index (χ0n) is 14.8. The van der Waals surface area contributed by atoms with Gasteiger partial charge in [-0.3, -0.25) is 19.8 Å². The summed E-state index contributed by atoms with van der Waals surface area (Å²) in [4.78, 5) is 29.9. The van der Waals surface area contributed by atoms with Gasteiger partial charge in [0.2, 0.25) is 0 Å². The van der Waals surface area contributed by atoms with Crippen LogP contribution in [0, 0.1) is 10.1 Å². The summed E-state index contributed by atoms with van der Waals surface area (Å²) in [6.45, 7) is 2.31.